The number of carbonyl (C=O) groups is 1. The van der Waals surface area contributed by atoms with Gasteiger partial charge in [0.1, 0.15) is 11.0 Å². The SMILES string of the molecule is CNC(=O)c1cc(S(=O)(=O)N(C)Cc2ccc3nsnc3c2)cs1. The third-order valence-electron chi connectivity index (χ3n) is 3.46. The number of benzene rings is 1. The van der Waals surface area contributed by atoms with Gasteiger partial charge in [0.05, 0.1) is 21.5 Å². The molecule has 7 nitrogen and oxygen atoms in total. The molecule has 0 unspecified atom stereocenters. The van der Waals surface area contributed by atoms with Crippen LogP contribution in [-0.4, -0.2) is 41.5 Å². The highest BCUT2D eigenvalue weighted by Gasteiger charge is 2.23. The summed E-state index contributed by atoms with van der Waals surface area (Å²) in [6.07, 6.45) is 0. The van der Waals surface area contributed by atoms with Gasteiger partial charge in [0.15, 0.2) is 0 Å². The second kappa shape index (κ2) is 6.55. The highest BCUT2D eigenvalue weighted by Crippen LogP contribution is 2.23. The minimum atomic E-state index is -3.67. The lowest BCUT2D eigenvalue weighted by molar-refractivity contribution is 0.0967. The summed E-state index contributed by atoms with van der Waals surface area (Å²) in [7, 11) is -0.652. The van der Waals surface area contributed by atoms with Gasteiger partial charge in [0, 0.05) is 26.0 Å². The van der Waals surface area contributed by atoms with Crippen LogP contribution in [0, 0.1) is 0 Å². The fourth-order valence-corrected chi connectivity index (χ4v) is 5.03. The molecule has 0 fully saturated rings. The van der Waals surface area contributed by atoms with E-state index in [9.17, 15) is 13.2 Å². The molecule has 2 aromatic heterocycles. The highest BCUT2D eigenvalue weighted by molar-refractivity contribution is 7.89. The molecule has 0 radical (unpaired) electrons. The second-order valence-corrected chi connectivity index (χ2v) is 8.56. The molecular weight excluding hydrogens is 368 g/mol. The number of carbonyl (C=O) groups excluding carboxylic acids is 1. The number of fused-ring (bicyclic) bond motifs is 1. The molecule has 1 N–H and O–H groups in total. The van der Waals surface area contributed by atoms with E-state index in [1.807, 2.05) is 18.2 Å². The second-order valence-electron chi connectivity index (χ2n) is 5.07. The summed E-state index contributed by atoms with van der Waals surface area (Å²) in [6, 6.07) is 6.87. The van der Waals surface area contributed by atoms with Crippen LogP contribution in [0.4, 0.5) is 0 Å². The molecular formula is C14H14N4O3S3. The van der Waals surface area contributed by atoms with E-state index >= 15 is 0 Å². The minimum absolute atomic E-state index is 0.116. The molecule has 3 aromatic rings. The van der Waals surface area contributed by atoms with Crippen LogP contribution in [0.25, 0.3) is 11.0 Å². The van der Waals surface area contributed by atoms with Crippen LogP contribution in [-0.2, 0) is 16.6 Å². The summed E-state index contributed by atoms with van der Waals surface area (Å²) in [4.78, 5) is 12.1. The Morgan fingerprint density at radius 2 is 2.00 bits per heavy atom. The van der Waals surface area contributed by atoms with E-state index in [4.69, 9.17) is 0 Å². The largest absolute Gasteiger partial charge is 0.354 e. The average molecular weight is 382 g/mol. The molecule has 1 aromatic carbocycles. The van der Waals surface area contributed by atoms with E-state index < -0.39 is 10.0 Å². The van der Waals surface area contributed by atoms with E-state index in [2.05, 4.69) is 14.1 Å². The monoisotopic (exact) mass is 382 g/mol. The molecule has 0 aliphatic rings. The van der Waals surface area contributed by atoms with E-state index in [0.29, 0.717) is 4.88 Å². The number of hydrogen-bond donors (Lipinski definition) is 1. The number of nitrogens with one attached hydrogen (secondary N) is 1. The first-order chi connectivity index (χ1) is 11.4. The third-order valence-corrected chi connectivity index (χ3v) is 6.87. The Hall–Kier alpha value is -1.88. The maximum absolute atomic E-state index is 12.6. The normalized spacial score (nSPS) is 12.0. The molecule has 126 valence electrons. The van der Waals surface area contributed by atoms with Gasteiger partial charge in [-0.15, -0.1) is 11.3 Å². The van der Waals surface area contributed by atoms with Crippen molar-refractivity contribution in [2.75, 3.05) is 14.1 Å². The zero-order chi connectivity index (χ0) is 17.3. The van der Waals surface area contributed by atoms with Gasteiger partial charge in [0.25, 0.3) is 5.91 Å². The lowest BCUT2D eigenvalue weighted by atomic mass is 10.2. The zero-order valence-electron chi connectivity index (χ0n) is 12.9. The number of thiophene rings is 1. The van der Waals surface area contributed by atoms with Gasteiger partial charge in [-0.05, 0) is 23.8 Å². The molecule has 0 saturated carbocycles. The van der Waals surface area contributed by atoms with E-state index in [0.717, 1.165) is 39.7 Å². The molecule has 0 aliphatic carbocycles. The molecule has 3 rings (SSSR count). The topological polar surface area (TPSA) is 92.3 Å². The van der Waals surface area contributed by atoms with Gasteiger partial charge >= 0.3 is 0 Å². The summed E-state index contributed by atoms with van der Waals surface area (Å²) < 4.78 is 34.8. The van der Waals surface area contributed by atoms with Gasteiger partial charge in [-0.1, -0.05) is 6.07 Å². The highest BCUT2D eigenvalue weighted by atomic mass is 32.2. The molecule has 24 heavy (non-hydrogen) atoms. The lowest BCUT2D eigenvalue weighted by Gasteiger charge is -2.16. The van der Waals surface area contributed by atoms with E-state index in [1.54, 1.807) is 0 Å². The van der Waals surface area contributed by atoms with Gasteiger partial charge < -0.3 is 5.32 Å². The van der Waals surface area contributed by atoms with E-state index in [-0.39, 0.29) is 17.3 Å². The fourth-order valence-electron chi connectivity index (χ4n) is 2.14. The molecule has 0 aliphatic heterocycles. The average Bonchev–Trinajstić information content (AvgIpc) is 3.22. The summed E-state index contributed by atoms with van der Waals surface area (Å²) in [5.41, 5.74) is 2.37. The number of rotatable bonds is 5. The van der Waals surface area contributed by atoms with Crippen LogP contribution in [0.2, 0.25) is 0 Å². The predicted octanol–water partition coefficient (Wildman–Crippen LogP) is 1.93. The summed E-state index contributed by atoms with van der Waals surface area (Å²) in [5.74, 6) is -0.300. The Balaban J connectivity index is 1.83. The third kappa shape index (κ3) is 3.18. The first kappa shape index (κ1) is 17.0. The Morgan fingerprint density at radius 1 is 1.25 bits per heavy atom. The molecule has 0 spiro atoms. The van der Waals surface area contributed by atoms with Crippen LogP contribution in [0.1, 0.15) is 15.2 Å². The van der Waals surface area contributed by atoms with Crippen molar-refractivity contribution in [2.45, 2.75) is 11.4 Å². The smallest absolute Gasteiger partial charge is 0.261 e. The van der Waals surface area contributed by atoms with E-state index in [1.165, 1.54) is 29.8 Å². The Bertz CT molecular complexity index is 994. The first-order valence-corrected chi connectivity index (χ1v) is 9.95. The van der Waals surface area contributed by atoms with Crippen LogP contribution in [0.15, 0.2) is 34.5 Å². The number of sulfonamides is 1. The number of hydrogen-bond acceptors (Lipinski definition) is 7. The van der Waals surface area contributed by atoms with Gasteiger partial charge in [-0.3, -0.25) is 4.79 Å². The summed E-state index contributed by atoms with van der Waals surface area (Å²) in [6.45, 7) is 0.209. The first-order valence-electron chi connectivity index (χ1n) is 6.90. The van der Waals surface area contributed by atoms with Crippen molar-refractivity contribution in [2.24, 2.45) is 0 Å². The van der Waals surface area contributed by atoms with Crippen LogP contribution in [0.5, 0.6) is 0 Å². The summed E-state index contributed by atoms with van der Waals surface area (Å²) in [5, 5.41) is 3.96. The standard InChI is InChI=1S/C14H14N4O3S3/c1-15-14(19)13-6-10(8-22-13)24(20,21)18(2)7-9-3-4-11-12(5-9)17-23-16-11/h3-6,8H,7H2,1-2H3,(H,15,19). The number of aromatic nitrogens is 2. The van der Waals surface area contributed by atoms with Gasteiger partial charge in [0.2, 0.25) is 10.0 Å². The lowest BCUT2D eigenvalue weighted by Crippen LogP contribution is -2.26. The van der Waals surface area contributed by atoms with Gasteiger partial charge in [-0.25, -0.2) is 8.42 Å². The maximum Gasteiger partial charge on any atom is 0.261 e. The van der Waals surface area contributed by atoms with Crippen LogP contribution in [0.3, 0.4) is 0 Å². The Morgan fingerprint density at radius 3 is 2.75 bits per heavy atom. The van der Waals surface area contributed by atoms with Crippen LogP contribution >= 0.6 is 23.1 Å². The molecule has 10 heteroatoms. The van der Waals surface area contributed by atoms with Crippen molar-refractivity contribution in [3.05, 3.63) is 40.1 Å². The van der Waals surface area contributed by atoms with Gasteiger partial charge in [-0.2, -0.15) is 13.1 Å². The van der Waals surface area contributed by atoms with Crippen LogP contribution < -0.4 is 5.32 Å². The van der Waals surface area contributed by atoms with Crippen molar-refractivity contribution < 1.29 is 13.2 Å². The van der Waals surface area contributed by atoms with Crippen molar-refractivity contribution in [1.29, 1.82) is 0 Å². The Kier molecular flexibility index (Phi) is 4.63. The number of nitrogens with zero attached hydrogens (tertiary/aromatic N) is 3. The molecule has 1 amide bonds. The molecule has 2 heterocycles. The quantitative estimate of drug-likeness (QED) is 0.728. The Labute approximate surface area is 147 Å². The molecule has 0 saturated heterocycles. The van der Waals surface area contributed by atoms with Crippen molar-refractivity contribution in [1.82, 2.24) is 18.4 Å². The fraction of sp³-hybridized carbons (Fsp3) is 0.214. The molecule has 0 atom stereocenters. The summed E-state index contributed by atoms with van der Waals surface area (Å²) >= 11 is 2.22. The van der Waals surface area contributed by atoms with Crippen molar-refractivity contribution in [3.8, 4) is 0 Å². The predicted molar refractivity (Wildman–Crippen MR) is 93.8 cm³/mol. The molecule has 0 bridgehead atoms. The minimum Gasteiger partial charge on any atom is -0.354 e. The van der Waals surface area contributed by atoms with Crippen molar-refractivity contribution in [3.63, 3.8) is 0 Å². The zero-order valence-corrected chi connectivity index (χ0v) is 15.3. The maximum atomic E-state index is 12.6. The van der Waals surface area contributed by atoms with Crippen molar-refractivity contribution >= 4 is 50.0 Å². The number of amides is 1.